The molecule has 1 heterocycles. The van der Waals surface area contributed by atoms with Gasteiger partial charge in [-0.15, -0.1) is 0 Å². The highest BCUT2D eigenvalue weighted by molar-refractivity contribution is 5.90. The molecule has 0 aromatic carbocycles. The molecule has 16 heavy (non-hydrogen) atoms. The van der Waals surface area contributed by atoms with E-state index < -0.39 is 5.91 Å². The van der Waals surface area contributed by atoms with Crippen LogP contribution in [0.25, 0.3) is 0 Å². The molecule has 0 saturated heterocycles. The molecule has 5 heteroatoms. The van der Waals surface area contributed by atoms with Crippen molar-refractivity contribution in [2.45, 2.75) is 6.92 Å². The number of ether oxygens (including phenoxy) is 1. The number of primary amides is 1. The highest BCUT2D eigenvalue weighted by Gasteiger charge is 2.06. The van der Waals surface area contributed by atoms with Gasteiger partial charge in [-0.05, 0) is 19.1 Å². The molecule has 1 aromatic heterocycles. The second-order valence-corrected chi connectivity index (χ2v) is 3.28. The Morgan fingerprint density at radius 2 is 2.44 bits per heavy atom. The van der Waals surface area contributed by atoms with E-state index in [1.807, 2.05) is 18.9 Å². The van der Waals surface area contributed by atoms with Gasteiger partial charge >= 0.3 is 0 Å². The molecule has 1 aromatic rings. The van der Waals surface area contributed by atoms with Gasteiger partial charge in [0.25, 0.3) is 5.91 Å². The molecule has 0 bridgehead atoms. The Morgan fingerprint density at radius 1 is 1.69 bits per heavy atom. The van der Waals surface area contributed by atoms with E-state index in [2.05, 4.69) is 11.1 Å². The van der Waals surface area contributed by atoms with Gasteiger partial charge in [0.2, 0.25) is 0 Å². The molecule has 87 valence electrons. The maximum Gasteiger partial charge on any atom is 0.268 e. The maximum absolute atomic E-state index is 10.9. The van der Waals surface area contributed by atoms with E-state index in [9.17, 15) is 4.79 Å². The standard InChI is InChI=1S/C11H16N3O2/c1-3-16-8-7-14(2)10-6-4-5-9(13-10)11(12)15/h4,6H,3,7-8H2,1-2H3,(H2,12,15). The van der Waals surface area contributed by atoms with Gasteiger partial charge in [0.05, 0.1) is 6.61 Å². The average molecular weight is 222 g/mol. The third kappa shape index (κ3) is 3.51. The fraction of sp³-hybridized carbons (Fsp3) is 0.455. The number of nitrogens with zero attached hydrogens (tertiary/aromatic N) is 2. The zero-order chi connectivity index (χ0) is 12.0. The number of hydrogen-bond donors (Lipinski definition) is 1. The van der Waals surface area contributed by atoms with Crippen molar-refractivity contribution in [2.75, 3.05) is 31.7 Å². The number of anilines is 1. The molecule has 1 radical (unpaired) electrons. The van der Waals surface area contributed by atoms with E-state index >= 15 is 0 Å². The molecule has 0 aliphatic carbocycles. The number of aromatic nitrogens is 1. The summed E-state index contributed by atoms with van der Waals surface area (Å²) >= 11 is 0. The summed E-state index contributed by atoms with van der Waals surface area (Å²) in [6.45, 7) is 3.97. The predicted octanol–water partition coefficient (Wildman–Crippen LogP) is 0.453. The molecule has 5 nitrogen and oxygen atoms in total. The van der Waals surface area contributed by atoms with E-state index in [-0.39, 0.29) is 5.69 Å². The molecule has 0 unspecified atom stereocenters. The molecule has 0 aliphatic heterocycles. The van der Waals surface area contributed by atoms with E-state index in [0.717, 1.165) is 0 Å². The van der Waals surface area contributed by atoms with Crippen molar-refractivity contribution in [1.82, 2.24) is 4.98 Å². The van der Waals surface area contributed by atoms with Crippen LogP contribution in [0.5, 0.6) is 0 Å². The van der Waals surface area contributed by atoms with E-state index in [4.69, 9.17) is 10.5 Å². The van der Waals surface area contributed by atoms with Crippen molar-refractivity contribution in [3.05, 3.63) is 23.9 Å². The molecule has 0 aliphatic rings. The number of pyridine rings is 1. The SMILES string of the molecule is CCOCCN(C)c1cc[c]c(C(N)=O)n1. The van der Waals surface area contributed by atoms with Gasteiger partial charge in [-0.2, -0.15) is 0 Å². The molecule has 0 spiro atoms. The number of hydrogen-bond acceptors (Lipinski definition) is 4. The Morgan fingerprint density at radius 3 is 3.06 bits per heavy atom. The lowest BCUT2D eigenvalue weighted by Gasteiger charge is -2.17. The molecule has 0 saturated carbocycles. The summed E-state index contributed by atoms with van der Waals surface area (Å²) in [5.41, 5.74) is 5.28. The van der Waals surface area contributed by atoms with Crippen LogP contribution < -0.4 is 10.6 Å². The minimum absolute atomic E-state index is 0.153. The first kappa shape index (κ1) is 12.4. The Balaban J connectivity index is 2.64. The van der Waals surface area contributed by atoms with Gasteiger partial charge in [0, 0.05) is 26.3 Å². The molecule has 1 rings (SSSR count). The Bertz CT molecular complexity index is 355. The smallest absolute Gasteiger partial charge is 0.268 e. The van der Waals surface area contributed by atoms with Gasteiger partial charge in [0.1, 0.15) is 11.5 Å². The molecule has 0 fully saturated rings. The molecule has 0 atom stereocenters. The topological polar surface area (TPSA) is 68.5 Å². The van der Waals surface area contributed by atoms with Crippen LogP contribution in [0.2, 0.25) is 0 Å². The van der Waals surface area contributed by atoms with Crippen LogP contribution in [-0.4, -0.2) is 37.7 Å². The van der Waals surface area contributed by atoms with Gasteiger partial charge in [-0.3, -0.25) is 4.79 Å². The van der Waals surface area contributed by atoms with Crippen LogP contribution in [0.3, 0.4) is 0 Å². The fourth-order valence-corrected chi connectivity index (χ4v) is 1.18. The first-order chi connectivity index (χ1) is 7.65. The maximum atomic E-state index is 10.9. The number of carbonyl (C=O) groups excluding carboxylic acids is 1. The van der Waals surface area contributed by atoms with Gasteiger partial charge in [-0.1, -0.05) is 0 Å². The zero-order valence-electron chi connectivity index (χ0n) is 9.56. The highest BCUT2D eigenvalue weighted by atomic mass is 16.5. The minimum atomic E-state index is -0.569. The lowest BCUT2D eigenvalue weighted by molar-refractivity contribution is 0.0995. The van der Waals surface area contributed by atoms with Crippen molar-refractivity contribution >= 4 is 11.7 Å². The van der Waals surface area contributed by atoms with E-state index in [1.54, 1.807) is 12.1 Å². The lowest BCUT2D eigenvalue weighted by atomic mass is 10.3. The van der Waals surface area contributed by atoms with Crippen molar-refractivity contribution in [3.8, 4) is 0 Å². The van der Waals surface area contributed by atoms with Crippen molar-refractivity contribution in [3.63, 3.8) is 0 Å². The van der Waals surface area contributed by atoms with Gasteiger partial charge in [-0.25, -0.2) is 4.98 Å². The summed E-state index contributed by atoms with van der Waals surface area (Å²) in [6, 6.07) is 6.10. The molecular formula is C11H16N3O2. The molecular weight excluding hydrogens is 206 g/mol. The normalized spacial score (nSPS) is 10.1. The summed E-state index contributed by atoms with van der Waals surface area (Å²) < 4.78 is 5.23. The summed E-state index contributed by atoms with van der Waals surface area (Å²) in [4.78, 5) is 16.9. The highest BCUT2D eigenvalue weighted by Crippen LogP contribution is 2.08. The second-order valence-electron chi connectivity index (χ2n) is 3.28. The summed E-state index contributed by atoms with van der Waals surface area (Å²) in [7, 11) is 1.88. The lowest BCUT2D eigenvalue weighted by Crippen LogP contribution is -2.24. The van der Waals surface area contributed by atoms with E-state index in [0.29, 0.717) is 25.6 Å². The number of likely N-dealkylation sites (N-methyl/N-ethyl adjacent to an activating group) is 1. The zero-order valence-corrected chi connectivity index (χ0v) is 9.56. The quantitative estimate of drug-likeness (QED) is 0.710. The molecule has 1 amide bonds. The predicted molar refractivity (Wildman–Crippen MR) is 61.4 cm³/mol. The van der Waals surface area contributed by atoms with Crippen LogP contribution in [0.4, 0.5) is 5.82 Å². The van der Waals surface area contributed by atoms with Crippen LogP contribution in [0.15, 0.2) is 12.1 Å². The van der Waals surface area contributed by atoms with Crippen molar-refractivity contribution in [1.29, 1.82) is 0 Å². The second kappa shape index (κ2) is 6.07. The van der Waals surface area contributed by atoms with Crippen LogP contribution in [-0.2, 0) is 4.74 Å². The van der Waals surface area contributed by atoms with Crippen molar-refractivity contribution < 1.29 is 9.53 Å². The summed E-state index contributed by atoms with van der Waals surface area (Å²) in [6.07, 6.45) is 0. The summed E-state index contributed by atoms with van der Waals surface area (Å²) in [5.74, 6) is 0.118. The first-order valence-corrected chi connectivity index (χ1v) is 5.12. The summed E-state index contributed by atoms with van der Waals surface area (Å²) in [5, 5.41) is 0. The molecule has 2 N–H and O–H groups in total. The monoisotopic (exact) mass is 222 g/mol. The van der Waals surface area contributed by atoms with Crippen molar-refractivity contribution in [2.24, 2.45) is 5.73 Å². The third-order valence-electron chi connectivity index (χ3n) is 2.08. The number of carbonyl (C=O) groups is 1. The van der Waals surface area contributed by atoms with Crippen LogP contribution >= 0.6 is 0 Å². The Hall–Kier alpha value is -1.62. The van der Waals surface area contributed by atoms with E-state index in [1.165, 1.54) is 0 Å². The average Bonchev–Trinajstić information content (AvgIpc) is 2.29. The first-order valence-electron chi connectivity index (χ1n) is 5.12. The Kier molecular flexibility index (Phi) is 4.72. The third-order valence-corrected chi connectivity index (χ3v) is 2.08. The van der Waals surface area contributed by atoms with Crippen LogP contribution in [0.1, 0.15) is 17.4 Å². The Labute approximate surface area is 95.2 Å². The number of amides is 1. The van der Waals surface area contributed by atoms with Gasteiger partial charge in [0.15, 0.2) is 0 Å². The van der Waals surface area contributed by atoms with Crippen LogP contribution in [0, 0.1) is 6.07 Å². The number of rotatable bonds is 6. The number of nitrogens with two attached hydrogens (primary N) is 1. The largest absolute Gasteiger partial charge is 0.380 e. The van der Waals surface area contributed by atoms with Gasteiger partial charge < -0.3 is 15.4 Å². The fourth-order valence-electron chi connectivity index (χ4n) is 1.18. The minimum Gasteiger partial charge on any atom is -0.380 e.